The van der Waals surface area contributed by atoms with Gasteiger partial charge in [0.15, 0.2) is 0 Å². The van der Waals surface area contributed by atoms with Crippen molar-refractivity contribution in [2.24, 2.45) is 0 Å². The highest BCUT2D eigenvalue weighted by Crippen LogP contribution is 2.27. The van der Waals surface area contributed by atoms with E-state index in [-0.39, 0.29) is 6.61 Å². The summed E-state index contributed by atoms with van der Waals surface area (Å²) >= 11 is 0. The van der Waals surface area contributed by atoms with Crippen molar-refractivity contribution < 1.29 is 5.11 Å². The maximum absolute atomic E-state index is 8.92. The third-order valence-electron chi connectivity index (χ3n) is 3.26. The number of hydrogen-bond donors (Lipinski definition) is 1. The molecular weight excluding hydrogens is 184 g/mol. The molecule has 0 radical (unpaired) electrons. The topological polar surface area (TPSA) is 20.2 Å². The van der Waals surface area contributed by atoms with E-state index in [4.69, 9.17) is 5.11 Å². The highest BCUT2D eigenvalue weighted by molar-refractivity contribution is 5.61. The lowest BCUT2D eigenvalue weighted by Crippen LogP contribution is -2.02. The van der Waals surface area contributed by atoms with Crippen LogP contribution in [0.3, 0.4) is 0 Å². The predicted molar refractivity (Wildman–Crippen MR) is 63.9 cm³/mol. The van der Waals surface area contributed by atoms with E-state index in [0.717, 1.165) is 19.3 Å². The van der Waals surface area contributed by atoms with Gasteiger partial charge in [-0.1, -0.05) is 23.8 Å². The Morgan fingerprint density at radius 1 is 1.13 bits per heavy atom. The molecule has 0 unspecified atom stereocenters. The number of aliphatic hydroxyl groups excluding tert-OH is 1. The first kappa shape index (κ1) is 10.4. The van der Waals surface area contributed by atoms with Crippen LogP contribution in [0.25, 0.3) is 6.08 Å². The zero-order chi connectivity index (χ0) is 10.8. The van der Waals surface area contributed by atoms with Gasteiger partial charge < -0.3 is 5.11 Å². The van der Waals surface area contributed by atoms with E-state index in [1.807, 2.05) is 0 Å². The fraction of sp³-hybridized carbons (Fsp3) is 0.429. The minimum Gasteiger partial charge on any atom is -0.396 e. The second-order valence-electron chi connectivity index (χ2n) is 4.41. The first-order chi connectivity index (χ1) is 7.20. The van der Waals surface area contributed by atoms with E-state index in [0.29, 0.717) is 0 Å². The molecule has 0 saturated carbocycles. The molecule has 1 N–H and O–H groups in total. The van der Waals surface area contributed by atoms with E-state index < -0.39 is 0 Å². The molecule has 0 aromatic heterocycles. The number of hydrogen-bond acceptors (Lipinski definition) is 1. The van der Waals surface area contributed by atoms with Gasteiger partial charge in [0.25, 0.3) is 0 Å². The zero-order valence-electron chi connectivity index (χ0n) is 9.51. The van der Waals surface area contributed by atoms with Crippen LogP contribution < -0.4 is 0 Å². The SMILES string of the molecule is Cc1cc2c(cc1C)CCC(CCO)=C2. The van der Waals surface area contributed by atoms with Crippen molar-refractivity contribution in [3.63, 3.8) is 0 Å². The molecule has 0 spiro atoms. The standard InChI is InChI=1S/C14H18O/c1-10-7-13-4-3-12(5-6-15)9-14(13)8-11(10)2/h7-9,15H,3-6H2,1-2H3. The predicted octanol–water partition coefficient (Wildman–Crippen LogP) is 3.02. The summed E-state index contributed by atoms with van der Waals surface area (Å²) in [7, 11) is 0. The molecule has 0 amide bonds. The molecule has 0 bridgehead atoms. The highest BCUT2D eigenvalue weighted by Gasteiger charge is 2.10. The molecule has 2 rings (SSSR count). The first-order valence-electron chi connectivity index (χ1n) is 5.61. The Balaban J connectivity index is 2.37. The summed E-state index contributed by atoms with van der Waals surface area (Å²) in [4.78, 5) is 0. The number of rotatable bonds is 2. The second kappa shape index (κ2) is 4.19. The Morgan fingerprint density at radius 2 is 1.87 bits per heavy atom. The molecule has 0 heterocycles. The maximum atomic E-state index is 8.92. The van der Waals surface area contributed by atoms with Crippen LogP contribution in [0.2, 0.25) is 0 Å². The molecule has 1 heteroatoms. The maximum Gasteiger partial charge on any atom is 0.0468 e. The van der Waals surface area contributed by atoms with Crippen LogP contribution in [-0.4, -0.2) is 11.7 Å². The molecule has 1 aliphatic carbocycles. The minimum atomic E-state index is 0.270. The molecule has 1 nitrogen and oxygen atoms in total. The third-order valence-corrected chi connectivity index (χ3v) is 3.26. The fourth-order valence-electron chi connectivity index (χ4n) is 2.18. The summed E-state index contributed by atoms with van der Waals surface area (Å²) in [5, 5.41) is 8.92. The quantitative estimate of drug-likeness (QED) is 0.781. The molecular formula is C14H18O. The lowest BCUT2D eigenvalue weighted by Gasteiger charge is -2.17. The first-order valence-corrected chi connectivity index (χ1v) is 5.61. The van der Waals surface area contributed by atoms with Crippen molar-refractivity contribution in [3.8, 4) is 0 Å². The van der Waals surface area contributed by atoms with E-state index in [1.54, 1.807) is 0 Å². The average Bonchev–Trinajstić information content (AvgIpc) is 2.21. The fourth-order valence-corrected chi connectivity index (χ4v) is 2.18. The molecule has 0 saturated heterocycles. The van der Waals surface area contributed by atoms with Gasteiger partial charge in [0.05, 0.1) is 0 Å². The van der Waals surface area contributed by atoms with Crippen molar-refractivity contribution in [2.45, 2.75) is 33.1 Å². The summed E-state index contributed by atoms with van der Waals surface area (Å²) in [6.07, 6.45) is 5.31. The lowest BCUT2D eigenvalue weighted by molar-refractivity contribution is 0.298. The van der Waals surface area contributed by atoms with E-state index in [1.165, 1.54) is 27.8 Å². The van der Waals surface area contributed by atoms with E-state index >= 15 is 0 Å². The molecule has 80 valence electrons. The third kappa shape index (κ3) is 2.13. The van der Waals surface area contributed by atoms with Gasteiger partial charge in [-0.25, -0.2) is 0 Å². The Bertz CT molecular complexity index is 402. The van der Waals surface area contributed by atoms with Crippen LogP contribution in [0, 0.1) is 13.8 Å². The summed E-state index contributed by atoms with van der Waals surface area (Å²) in [6, 6.07) is 4.57. The molecule has 1 aliphatic rings. The van der Waals surface area contributed by atoms with Crippen molar-refractivity contribution in [2.75, 3.05) is 6.61 Å². The van der Waals surface area contributed by atoms with Crippen LogP contribution in [-0.2, 0) is 6.42 Å². The van der Waals surface area contributed by atoms with Crippen LogP contribution in [0.1, 0.15) is 35.1 Å². The summed E-state index contributed by atoms with van der Waals surface area (Å²) in [5.74, 6) is 0. The highest BCUT2D eigenvalue weighted by atomic mass is 16.2. The van der Waals surface area contributed by atoms with Gasteiger partial charge in [-0.2, -0.15) is 0 Å². The van der Waals surface area contributed by atoms with Crippen molar-refractivity contribution in [1.29, 1.82) is 0 Å². The Labute approximate surface area is 91.4 Å². The van der Waals surface area contributed by atoms with Crippen LogP contribution in [0.5, 0.6) is 0 Å². The second-order valence-corrected chi connectivity index (χ2v) is 4.41. The van der Waals surface area contributed by atoms with Gasteiger partial charge in [0.2, 0.25) is 0 Å². The normalized spacial score (nSPS) is 14.7. The van der Waals surface area contributed by atoms with Crippen LogP contribution >= 0.6 is 0 Å². The molecule has 15 heavy (non-hydrogen) atoms. The Hall–Kier alpha value is -1.08. The van der Waals surface area contributed by atoms with E-state index in [9.17, 15) is 0 Å². The summed E-state index contributed by atoms with van der Waals surface area (Å²) in [5.41, 5.74) is 6.93. The largest absolute Gasteiger partial charge is 0.396 e. The lowest BCUT2D eigenvalue weighted by atomic mass is 9.88. The average molecular weight is 202 g/mol. The van der Waals surface area contributed by atoms with Gasteiger partial charge >= 0.3 is 0 Å². The van der Waals surface area contributed by atoms with Crippen molar-refractivity contribution >= 4 is 6.08 Å². The Kier molecular flexibility index (Phi) is 2.92. The van der Waals surface area contributed by atoms with Crippen LogP contribution in [0.4, 0.5) is 0 Å². The Morgan fingerprint density at radius 3 is 2.60 bits per heavy atom. The van der Waals surface area contributed by atoms with Gasteiger partial charge in [-0.15, -0.1) is 0 Å². The number of benzene rings is 1. The molecule has 1 aromatic carbocycles. The molecule has 0 aliphatic heterocycles. The number of fused-ring (bicyclic) bond motifs is 1. The van der Waals surface area contributed by atoms with Crippen molar-refractivity contribution in [3.05, 3.63) is 40.0 Å². The smallest absolute Gasteiger partial charge is 0.0468 e. The summed E-state index contributed by atoms with van der Waals surface area (Å²) < 4.78 is 0. The summed E-state index contributed by atoms with van der Waals surface area (Å²) in [6.45, 7) is 4.60. The minimum absolute atomic E-state index is 0.270. The molecule has 1 aromatic rings. The monoisotopic (exact) mass is 202 g/mol. The van der Waals surface area contributed by atoms with Gasteiger partial charge in [-0.05, 0) is 55.4 Å². The van der Waals surface area contributed by atoms with E-state index in [2.05, 4.69) is 32.1 Å². The van der Waals surface area contributed by atoms with Crippen LogP contribution in [0.15, 0.2) is 17.7 Å². The number of aryl methyl sites for hydroxylation is 3. The molecule has 0 fully saturated rings. The van der Waals surface area contributed by atoms with Gasteiger partial charge in [0, 0.05) is 6.61 Å². The molecule has 0 atom stereocenters. The number of aliphatic hydroxyl groups is 1. The van der Waals surface area contributed by atoms with Crippen molar-refractivity contribution in [1.82, 2.24) is 0 Å². The van der Waals surface area contributed by atoms with Gasteiger partial charge in [-0.3, -0.25) is 0 Å². The zero-order valence-corrected chi connectivity index (χ0v) is 9.51. The van der Waals surface area contributed by atoms with Gasteiger partial charge in [0.1, 0.15) is 0 Å².